The highest BCUT2D eigenvalue weighted by molar-refractivity contribution is 5.93. The molecule has 1 aliphatic rings. The molecule has 20 heavy (non-hydrogen) atoms. The van der Waals surface area contributed by atoms with E-state index >= 15 is 0 Å². The lowest BCUT2D eigenvalue weighted by Crippen LogP contribution is -2.34. The Morgan fingerprint density at radius 3 is 3.00 bits per heavy atom. The fourth-order valence-corrected chi connectivity index (χ4v) is 2.44. The Labute approximate surface area is 121 Å². The number of likely N-dealkylation sites (tertiary alicyclic amines) is 1. The van der Waals surface area contributed by atoms with Gasteiger partial charge in [0.2, 0.25) is 0 Å². The van der Waals surface area contributed by atoms with Crippen LogP contribution in [0.5, 0.6) is 0 Å². The van der Waals surface area contributed by atoms with E-state index in [1.165, 1.54) is 0 Å². The van der Waals surface area contributed by atoms with E-state index in [1.807, 2.05) is 17.0 Å². The van der Waals surface area contributed by atoms with Gasteiger partial charge in [0, 0.05) is 37.6 Å². The summed E-state index contributed by atoms with van der Waals surface area (Å²) in [5.41, 5.74) is 1.50. The minimum absolute atomic E-state index is 0.0366. The monoisotopic (exact) mass is 276 g/mol. The summed E-state index contributed by atoms with van der Waals surface area (Å²) in [4.78, 5) is 20.8. The molecule has 5 heteroatoms. The summed E-state index contributed by atoms with van der Waals surface area (Å²) in [6.07, 6.45) is 3.79. The SMILES string of the molecule is CCCNc1ccnc(C(=O)N2CCC(N(C)C)C2)c1. The van der Waals surface area contributed by atoms with Crippen molar-refractivity contribution in [3.63, 3.8) is 0 Å². The van der Waals surface area contributed by atoms with Gasteiger partial charge >= 0.3 is 0 Å². The molecule has 0 saturated carbocycles. The Morgan fingerprint density at radius 1 is 1.55 bits per heavy atom. The summed E-state index contributed by atoms with van der Waals surface area (Å²) >= 11 is 0. The number of anilines is 1. The molecule has 0 aromatic carbocycles. The highest BCUT2D eigenvalue weighted by Gasteiger charge is 2.28. The van der Waals surface area contributed by atoms with E-state index in [4.69, 9.17) is 0 Å². The molecule has 1 aromatic heterocycles. The van der Waals surface area contributed by atoms with E-state index in [1.54, 1.807) is 6.20 Å². The molecular formula is C15H24N4O. The largest absolute Gasteiger partial charge is 0.385 e. The van der Waals surface area contributed by atoms with Gasteiger partial charge in [-0.05, 0) is 39.1 Å². The Kier molecular flexibility index (Phi) is 4.95. The van der Waals surface area contributed by atoms with Gasteiger partial charge in [-0.2, -0.15) is 0 Å². The Morgan fingerprint density at radius 2 is 2.35 bits per heavy atom. The van der Waals surface area contributed by atoms with Crippen molar-refractivity contribution >= 4 is 11.6 Å². The van der Waals surface area contributed by atoms with Gasteiger partial charge in [0.05, 0.1) is 0 Å². The molecule has 1 aromatic rings. The predicted molar refractivity (Wildman–Crippen MR) is 81.0 cm³/mol. The third kappa shape index (κ3) is 3.48. The average Bonchev–Trinajstić information content (AvgIpc) is 2.94. The lowest BCUT2D eigenvalue weighted by molar-refractivity contribution is 0.0777. The third-order valence-electron chi connectivity index (χ3n) is 3.74. The fourth-order valence-electron chi connectivity index (χ4n) is 2.44. The minimum Gasteiger partial charge on any atom is -0.385 e. The number of carbonyl (C=O) groups excluding carboxylic acids is 1. The first-order valence-corrected chi connectivity index (χ1v) is 7.27. The molecule has 110 valence electrons. The molecule has 1 N–H and O–H groups in total. The lowest BCUT2D eigenvalue weighted by Gasteiger charge is -2.20. The van der Waals surface area contributed by atoms with Crippen LogP contribution in [0, 0.1) is 0 Å². The molecule has 0 radical (unpaired) electrons. The molecule has 1 atom stereocenters. The number of rotatable bonds is 5. The van der Waals surface area contributed by atoms with Gasteiger partial charge in [0.25, 0.3) is 5.91 Å². The van der Waals surface area contributed by atoms with Crippen molar-refractivity contribution < 1.29 is 4.79 Å². The van der Waals surface area contributed by atoms with Crippen LogP contribution >= 0.6 is 0 Å². The second kappa shape index (κ2) is 6.70. The molecule has 0 aliphatic carbocycles. The number of hydrogen-bond acceptors (Lipinski definition) is 4. The number of nitrogens with zero attached hydrogens (tertiary/aromatic N) is 3. The normalized spacial score (nSPS) is 18.6. The summed E-state index contributed by atoms with van der Waals surface area (Å²) in [7, 11) is 4.12. The van der Waals surface area contributed by atoms with Crippen LogP contribution in [-0.2, 0) is 0 Å². The molecule has 2 rings (SSSR count). The highest BCUT2D eigenvalue weighted by atomic mass is 16.2. The summed E-state index contributed by atoms with van der Waals surface area (Å²) in [6.45, 7) is 4.63. The van der Waals surface area contributed by atoms with Crippen LogP contribution in [0.3, 0.4) is 0 Å². The number of amides is 1. The summed E-state index contributed by atoms with van der Waals surface area (Å²) in [5.74, 6) is 0.0366. The smallest absolute Gasteiger partial charge is 0.272 e. The Hall–Kier alpha value is -1.62. The van der Waals surface area contributed by atoms with Crippen LogP contribution in [0.1, 0.15) is 30.3 Å². The van der Waals surface area contributed by atoms with Crippen molar-refractivity contribution in [2.45, 2.75) is 25.8 Å². The Balaban J connectivity index is 2.02. The molecule has 1 saturated heterocycles. The zero-order valence-electron chi connectivity index (χ0n) is 12.6. The third-order valence-corrected chi connectivity index (χ3v) is 3.74. The minimum atomic E-state index is 0.0366. The van der Waals surface area contributed by atoms with Crippen LogP contribution in [0.15, 0.2) is 18.3 Å². The molecule has 0 spiro atoms. The van der Waals surface area contributed by atoms with Crippen LogP contribution < -0.4 is 5.32 Å². The Bertz CT molecular complexity index is 461. The van der Waals surface area contributed by atoms with Gasteiger partial charge in [0.15, 0.2) is 0 Å². The predicted octanol–water partition coefficient (Wildman–Crippen LogP) is 1.68. The fraction of sp³-hybridized carbons (Fsp3) is 0.600. The second-order valence-corrected chi connectivity index (χ2v) is 5.51. The number of aromatic nitrogens is 1. The molecule has 2 heterocycles. The van der Waals surface area contributed by atoms with Crippen LogP contribution in [-0.4, -0.2) is 60.5 Å². The van der Waals surface area contributed by atoms with E-state index in [0.717, 1.165) is 38.2 Å². The molecule has 1 fully saturated rings. The van der Waals surface area contributed by atoms with Crippen LogP contribution in [0.4, 0.5) is 5.69 Å². The van der Waals surface area contributed by atoms with Crippen molar-refractivity contribution in [3.8, 4) is 0 Å². The number of nitrogens with one attached hydrogen (secondary N) is 1. The lowest BCUT2D eigenvalue weighted by atomic mass is 10.2. The first-order valence-electron chi connectivity index (χ1n) is 7.27. The van der Waals surface area contributed by atoms with Crippen molar-refractivity contribution in [1.29, 1.82) is 0 Å². The van der Waals surface area contributed by atoms with Gasteiger partial charge in [0.1, 0.15) is 5.69 Å². The summed E-state index contributed by atoms with van der Waals surface area (Å²) < 4.78 is 0. The molecule has 0 bridgehead atoms. The average molecular weight is 276 g/mol. The first kappa shape index (κ1) is 14.8. The van der Waals surface area contributed by atoms with Crippen LogP contribution in [0.2, 0.25) is 0 Å². The zero-order chi connectivity index (χ0) is 14.5. The molecule has 5 nitrogen and oxygen atoms in total. The van der Waals surface area contributed by atoms with E-state index in [9.17, 15) is 4.79 Å². The van der Waals surface area contributed by atoms with Gasteiger partial charge in [-0.25, -0.2) is 0 Å². The standard InChI is InChI=1S/C15H24N4O/c1-4-7-16-12-5-8-17-14(10-12)15(20)19-9-6-13(11-19)18(2)3/h5,8,10,13H,4,6-7,9,11H2,1-3H3,(H,16,17). The maximum atomic E-state index is 12.5. The van der Waals surface area contributed by atoms with E-state index in [0.29, 0.717) is 11.7 Å². The summed E-state index contributed by atoms with van der Waals surface area (Å²) in [6, 6.07) is 4.21. The number of likely N-dealkylation sites (N-methyl/N-ethyl adjacent to an activating group) is 1. The number of carbonyl (C=O) groups is 1. The van der Waals surface area contributed by atoms with Crippen molar-refractivity contribution in [1.82, 2.24) is 14.8 Å². The van der Waals surface area contributed by atoms with E-state index in [2.05, 4.69) is 36.2 Å². The maximum Gasteiger partial charge on any atom is 0.272 e. The zero-order valence-corrected chi connectivity index (χ0v) is 12.6. The van der Waals surface area contributed by atoms with E-state index in [-0.39, 0.29) is 5.91 Å². The highest BCUT2D eigenvalue weighted by Crippen LogP contribution is 2.17. The second-order valence-electron chi connectivity index (χ2n) is 5.51. The number of hydrogen-bond donors (Lipinski definition) is 1. The maximum absolute atomic E-state index is 12.5. The van der Waals surface area contributed by atoms with Gasteiger partial charge in [-0.3, -0.25) is 9.78 Å². The molecule has 1 aliphatic heterocycles. The van der Waals surface area contributed by atoms with Gasteiger partial charge in [-0.1, -0.05) is 6.92 Å². The van der Waals surface area contributed by atoms with Crippen LogP contribution in [0.25, 0.3) is 0 Å². The number of pyridine rings is 1. The summed E-state index contributed by atoms with van der Waals surface area (Å²) in [5, 5.41) is 3.29. The first-order chi connectivity index (χ1) is 9.61. The molecule has 1 unspecified atom stereocenters. The van der Waals surface area contributed by atoms with E-state index < -0.39 is 0 Å². The van der Waals surface area contributed by atoms with Gasteiger partial charge < -0.3 is 15.1 Å². The molecule has 1 amide bonds. The molecular weight excluding hydrogens is 252 g/mol. The van der Waals surface area contributed by atoms with Gasteiger partial charge in [-0.15, -0.1) is 0 Å². The van der Waals surface area contributed by atoms with Crippen molar-refractivity contribution in [3.05, 3.63) is 24.0 Å². The quantitative estimate of drug-likeness (QED) is 0.889. The van der Waals surface area contributed by atoms with Crippen molar-refractivity contribution in [2.75, 3.05) is 39.0 Å². The topological polar surface area (TPSA) is 48.5 Å². The van der Waals surface area contributed by atoms with Crippen molar-refractivity contribution in [2.24, 2.45) is 0 Å².